The highest BCUT2D eigenvalue weighted by molar-refractivity contribution is 5.66. The normalized spacial score (nSPS) is 8.26. The van der Waals surface area contributed by atoms with Gasteiger partial charge in [0.25, 0.3) is 0 Å². The van der Waals surface area contributed by atoms with E-state index in [2.05, 4.69) is 58.4 Å². The van der Waals surface area contributed by atoms with Gasteiger partial charge in [-0.1, -0.05) is 31.5 Å². The molecule has 126 valence electrons. The van der Waals surface area contributed by atoms with Crippen LogP contribution in [-0.2, 0) is 11.2 Å². The molecule has 0 amide bonds. The zero-order valence-corrected chi connectivity index (χ0v) is 14.2. The van der Waals surface area contributed by atoms with Crippen molar-refractivity contribution in [2.75, 3.05) is 0 Å². The number of aliphatic carboxylic acids is 1. The summed E-state index contributed by atoms with van der Waals surface area (Å²) in [6, 6.07) is 4.07. The van der Waals surface area contributed by atoms with Gasteiger partial charge in [0.15, 0.2) is 5.82 Å². The molecular weight excluding hydrogens is 294 g/mol. The van der Waals surface area contributed by atoms with E-state index in [1.165, 1.54) is 12.0 Å². The van der Waals surface area contributed by atoms with E-state index in [0.29, 0.717) is 12.2 Å². The molecule has 0 saturated heterocycles. The largest absolute Gasteiger partial charge is 0.481 e. The van der Waals surface area contributed by atoms with Gasteiger partial charge >= 0.3 is 5.97 Å². The lowest BCUT2D eigenvalue weighted by atomic mass is 10.3. The fourth-order valence-electron chi connectivity index (χ4n) is 1.05. The molecule has 0 unspecified atom stereocenters. The maximum absolute atomic E-state index is 10.0. The summed E-state index contributed by atoms with van der Waals surface area (Å²) in [5.41, 5.74) is 2.30. The van der Waals surface area contributed by atoms with Gasteiger partial charge in [-0.2, -0.15) is 5.21 Å². The van der Waals surface area contributed by atoms with E-state index >= 15 is 0 Å². The predicted octanol–water partition coefficient (Wildman–Crippen LogP) is 2.58. The van der Waals surface area contributed by atoms with Gasteiger partial charge in [-0.25, -0.2) is 0 Å². The van der Waals surface area contributed by atoms with Crippen molar-refractivity contribution in [3.8, 4) is 12.8 Å². The molecule has 0 aliphatic rings. The first-order valence-corrected chi connectivity index (χ1v) is 7.16. The Bertz CT molecular complexity index is 500. The van der Waals surface area contributed by atoms with Gasteiger partial charge in [0.05, 0.1) is 6.42 Å². The molecule has 0 spiro atoms. The third kappa shape index (κ3) is 15.5. The first-order chi connectivity index (χ1) is 11.0. The van der Waals surface area contributed by atoms with Gasteiger partial charge in [-0.15, -0.1) is 23.0 Å². The number of terminal acetylenes is 1. The summed E-state index contributed by atoms with van der Waals surface area (Å²) >= 11 is 0. The summed E-state index contributed by atoms with van der Waals surface area (Å²) in [5, 5.41) is 20.9. The second-order valence-corrected chi connectivity index (χ2v) is 4.41. The first-order valence-electron chi connectivity index (χ1n) is 7.16. The Morgan fingerprint density at radius 1 is 1.26 bits per heavy atom. The smallest absolute Gasteiger partial charge is 0.303 e. The maximum atomic E-state index is 10.0. The molecule has 2 N–H and O–H groups in total. The van der Waals surface area contributed by atoms with Crippen LogP contribution in [0.4, 0.5) is 0 Å². The molecule has 0 aromatic carbocycles. The molecule has 7 nitrogen and oxygen atoms in total. The first kappa shape index (κ1) is 22.5. The van der Waals surface area contributed by atoms with Crippen LogP contribution >= 0.6 is 0 Å². The number of carboxylic acids is 1. The van der Waals surface area contributed by atoms with Crippen molar-refractivity contribution in [3.63, 3.8) is 0 Å². The fraction of sp³-hybridized carbons (Fsp3) is 0.438. The third-order valence-corrected chi connectivity index (χ3v) is 2.01. The van der Waals surface area contributed by atoms with E-state index in [-0.39, 0.29) is 6.42 Å². The van der Waals surface area contributed by atoms with E-state index < -0.39 is 5.97 Å². The van der Waals surface area contributed by atoms with Gasteiger partial charge in [0.1, 0.15) is 0 Å². The van der Waals surface area contributed by atoms with Gasteiger partial charge in [-0.3, -0.25) is 9.78 Å². The van der Waals surface area contributed by atoms with Crippen LogP contribution in [0.3, 0.4) is 0 Å². The van der Waals surface area contributed by atoms with E-state index in [0.717, 1.165) is 5.69 Å². The number of aromatic nitrogens is 5. The number of aryl methyl sites for hydroxylation is 3. The number of aromatic amines is 1. The molecule has 0 atom stereocenters. The molecule has 7 heteroatoms. The molecule has 0 saturated carbocycles. The zero-order chi connectivity index (χ0) is 18.1. The molecule has 2 aromatic heterocycles. The number of rotatable bonds is 3. The number of nitrogens with zero attached hydrogens (tertiary/aromatic N) is 4. The van der Waals surface area contributed by atoms with Crippen LogP contribution < -0.4 is 0 Å². The number of tetrazole rings is 1. The number of nitrogens with one attached hydrogen (secondary N) is 1. The van der Waals surface area contributed by atoms with Gasteiger partial charge in [0.2, 0.25) is 0 Å². The Morgan fingerprint density at radius 2 is 1.87 bits per heavy atom. The van der Waals surface area contributed by atoms with Gasteiger partial charge in [-0.05, 0) is 25.5 Å². The van der Waals surface area contributed by atoms with Crippen molar-refractivity contribution in [2.45, 2.75) is 47.0 Å². The number of carboxylic acid groups (broad SMARTS) is 1. The van der Waals surface area contributed by atoms with Crippen LogP contribution in [0.25, 0.3) is 0 Å². The van der Waals surface area contributed by atoms with Crippen molar-refractivity contribution in [1.29, 1.82) is 0 Å². The summed E-state index contributed by atoms with van der Waals surface area (Å²) < 4.78 is 0. The molecular formula is C16H25N5O2. The summed E-state index contributed by atoms with van der Waals surface area (Å²) in [7, 11) is 0. The van der Waals surface area contributed by atoms with E-state index in [1.54, 1.807) is 0 Å². The molecule has 0 radical (unpaired) electrons. The van der Waals surface area contributed by atoms with E-state index in [1.807, 2.05) is 26.1 Å². The van der Waals surface area contributed by atoms with Crippen LogP contribution in [0, 0.1) is 26.7 Å². The number of pyridine rings is 1. The lowest BCUT2D eigenvalue weighted by molar-refractivity contribution is -0.137. The minimum atomic E-state index is -0.857. The number of hydrogen-bond donors (Lipinski definition) is 2. The summed E-state index contributed by atoms with van der Waals surface area (Å²) in [6.45, 7) is 8.27. The molecule has 0 fully saturated rings. The van der Waals surface area contributed by atoms with Crippen LogP contribution in [0.15, 0.2) is 18.3 Å². The molecule has 0 bridgehead atoms. The minimum absolute atomic E-state index is 0.0412. The topological polar surface area (TPSA) is 105 Å². The Hall–Kier alpha value is -2.75. The number of H-pyrrole nitrogens is 1. The number of hydrogen-bond acceptors (Lipinski definition) is 5. The summed E-state index contributed by atoms with van der Waals surface area (Å²) in [6.07, 6.45) is 11.5. The average Bonchev–Trinajstić information content (AvgIpc) is 3.05. The fourth-order valence-corrected chi connectivity index (χ4v) is 1.05. The monoisotopic (exact) mass is 319 g/mol. The van der Waals surface area contributed by atoms with Crippen LogP contribution in [0.5, 0.6) is 0 Å². The average molecular weight is 319 g/mol. The van der Waals surface area contributed by atoms with E-state index in [4.69, 9.17) is 5.11 Å². The highest BCUT2D eigenvalue weighted by atomic mass is 16.4. The Kier molecular flexibility index (Phi) is 15.3. The highest BCUT2D eigenvalue weighted by Crippen LogP contribution is 1.94. The molecule has 2 heterocycles. The lowest BCUT2D eigenvalue weighted by Gasteiger charge is -1.89. The van der Waals surface area contributed by atoms with Crippen LogP contribution in [0.2, 0.25) is 0 Å². The van der Waals surface area contributed by atoms with Crippen LogP contribution in [-0.4, -0.2) is 36.7 Å². The molecule has 0 aliphatic carbocycles. The standard InChI is InChI=1S/C7H9N.C4H6N4O2.C3H8.C2H2/c1-6-3-4-7(2)8-5-6;9-4(10)2-1-3-5-7-8-6-3;1-3-2;1-2/h3-5H,1-2H3;1-2H2,(H,9,10)(H,5,6,7,8);3H2,1-2H3;1-2H. The maximum Gasteiger partial charge on any atom is 0.303 e. The van der Waals surface area contributed by atoms with Crippen molar-refractivity contribution in [2.24, 2.45) is 0 Å². The quantitative estimate of drug-likeness (QED) is 0.842. The Balaban J connectivity index is 0. The van der Waals surface area contributed by atoms with Crippen LogP contribution in [0.1, 0.15) is 43.8 Å². The number of carbonyl (C=O) groups is 1. The highest BCUT2D eigenvalue weighted by Gasteiger charge is 2.01. The molecule has 0 aliphatic heterocycles. The van der Waals surface area contributed by atoms with Gasteiger partial charge in [0, 0.05) is 18.3 Å². The van der Waals surface area contributed by atoms with Crippen molar-refractivity contribution in [1.82, 2.24) is 25.6 Å². The molecule has 2 aromatic rings. The van der Waals surface area contributed by atoms with Crippen molar-refractivity contribution >= 4 is 5.97 Å². The van der Waals surface area contributed by atoms with E-state index in [9.17, 15) is 4.79 Å². The summed E-state index contributed by atoms with van der Waals surface area (Å²) in [4.78, 5) is 14.1. The minimum Gasteiger partial charge on any atom is -0.481 e. The molecule has 23 heavy (non-hydrogen) atoms. The lowest BCUT2D eigenvalue weighted by Crippen LogP contribution is -1.98. The second-order valence-electron chi connectivity index (χ2n) is 4.41. The summed E-state index contributed by atoms with van der Waals surface area (Å²) in [5.74, 6) is -0.424. The Morgan fingerprint density at radius 3 is 2.22 bits per heavy atom. The van der Waals surface area contributed by atoms with Crippen molar-refractivity contribution in [3.05, 3.63) is 35.4 Å². The van der Waals surface area contributed by atoms with Crippen molar-refractivity contribution < 1.29 is 9.90 Å². The Labute approximate surface area is 137 Å². The predicted molar refractivity (Wildman–Crippen MR) is 89.7 cm³/mol. The SMILES string of the molecule is C#C.CCC.Cc1ccc(C)nc1.O=C(O)CCc1nn[nH]n1. The van der Waals surface area contributed by atoms with Gasteiger partial charge < -0.3 is 5.11 Å². The second kappa shape index (κ2) is 15.6. The zero-order valence-electron chi connectivity index (χ0n) is 14.2. The third-order valence-electron chi connectivity index (χ3n) is 2.01. The molecule has 2 rings (SSSR count).